The minimum atomic E-state index is -0.124. The van der Waals surface area contributed by atoms with Gasteiger partial charge in [-0.3, -0.25) is 4.79 Å². The molecule has 122 valence electrons. The average molecular weight is 323 g/mol. The Morgan fingerprint density at radius 2 is 1.83 bits per heavy atom. The van der Waals surface area contributed by atoms with E-state index < -0.39 is 0 Å². The predicted octanol–water partition coefficient (Wildman–Crippen LogP) is 1.13. The number of carbonyl (C=O) groups is 1. The number of amides is 1. The lowest BCUT2D eigenvalue weighted by atomic mass is 10.2. The van der Waals surface area contributed by atoms with Crippen LogP contribution in [0, 0.1) is 13.8 Å². The van der Waals surface area contributed by atoms with Crippen LogP contribution < -0.4 is 0 Å². The first-order valence-electron chi connectivity index (χ1n) is 7.81. The lowest BCUT2D eigenvalue weighted by Crippen LogP contribution is -2.39. The molecule has 0 fully saturated rings. The van der Waals surface area contributed by atoms with Gasteiger partial charge in [0.2, 0.25) is 0 Å². The normalized spacial score (nSPS) is 13.8. The second-order valence-corrected chi connectivity index (χ2v) is 5.80. The van der Waals surface area contributed by atoms with Gasteiger partial charge in [-0.15, -0.1) is 15.3 Å². The van der Waals surface area contributed by atoms with Crippen molar-refractivity contribution < 1.29 is 4.79 Å². The van der Waals surface area contributed by atoms with Crippen LogP contribution in [0.3, 0.4) is 0 Å². The van der Waals surface area contributed by atoms with Crippen LogP contribution in [0.5, 0.6) is 0 Å². The highest BCUT2D eigenvalue weighted by Crippen LogP contribution is 2.16. The van der Waals surface area contributed by atoms with Crippen LogP contribution in [-0.4, -0.2) is 47.1 Å². The third kappa shape index (κ3) is 2.36. The number of aryl methyl sites for hydroxylation is 2. The summed E-state index contributed by atoms with van der Waals surface area (Å²) in [5.74, 6) is 1.56. The van der Waals surface area contributed by atoms with Crippen LogP contribution >= 0.6 is 0 Å². The molecule has 1 aromatic carbocycles. The maximum atomic E-state index is 12.8. The van der Waals surface area contributed by atoms with Gasteiger partial charge in [0.1, 0.15) is 5.82 Å². The number of para-hydroxylation sites is 1. The Kier molecular flexibility index (Phi) is 3.37. The number of benzene rings is 1. The lowest BCUT2D eigenvalue weighted by Gasteiger charge is -2.27. The van der Waals surface area contributed by atoms with Crippen LogP contribution in [0.2, 0.25) is 0 Å². The van der Waals surface area contributed by atoms with Crippen molar-refractivity contribution in [3.05, 3.63) is 53.4 Å². The summed E-state index contributed by atoms with van der Waals surface area (Å²) in [4.78, 5) is 16.1. The van der Waals surface area contributed by atoms with Crippen molar-refractivity contribution in [2.45, 2.75) is 26.9 Å². The largest absolute Gasteiger partial charge is 0.328 e. The van der Waals surface area contributed by atoms with E-state index in [4.69, 9.17) is 0 Å². The molecule has 1 aliphatic rings. The number of nitrogens with zero attached hydrogens (tertiary/aromatic N) is 7. The van der Waals surface area contributed by atoms with Crippen LogP contribution in [0.1, 0.15) is 27.8 Å². The van der Waals surface area contributed by atoms with Crippen molar-refractivity contribution in [2.24, 2.45) is 0 Å². The average Bonchev–Trinajstić information content (AvgIpc) is 3.18. The number of hydrogen-bond donors (Lipinski definition) is 0. The molecule has 0 atom stereocenters. The minimum Gasteiger partial charge on any atom is -0.328 e. The quantitative estimate of drug-likeness (QED) is 0.706. The van der Waals surface area contributed by atoms with E-state index >= 15 is 0 Å². The number of carbonyl (C=O) groups excluding carboxylic acids is 1. The van der Waals surface area contributed by atoms with Gasteiger partial charge >= 0.3 is 0 Å². The highest BCUT2D eigenvalue weighted by atomic mass is 16.2. The standard InChI is InChI=1S/C16H17N7O/c1-11-15(20-23(19-11)13-6-4-3-5-7-13)16(24)21-8-9-22-12(2)17-18-14(22)10-21/h3-7H,8-10H2,1-2H3. The Morgan fingerprint density at radius 1 is 1.04 bits per heavy atom. The van der Waals surface area contributed by atoms with Crippen LogP contribution in [-0.2, 0) is 13.1 Å². The summed E-state index contributed by atoms with van der Waals surface area (Å²) in [7, 11) is 0. The molecule has 24 heavy (non-hydrogen) atoms. The molecule has 0 saturated carbocycles. The van der Waals surface area contributed by atoms with Crippen LogP contribution in [0.4, 0.5) is 0 Å². The Labute approximate surface area is 138 Å². The fourth-order valence-electron chi connectivity index (χ4n) is 2.88. The molecule has 1 aliphatic heterocycles. The molecule has 0 unspecified atom stereocenters. The van der Waals surface area contributed by atoms with E-state index in [0.717, 1.165) is 17.3 Å². The second-order valence-electron chi connectivity index (χ2n) is 5.80. The molecule has 0 N–H and O–H groups in total. The van der Waals surface area contributed by atoms with E-state index in [1.807, 2.05) is 41.8 Å². The molecule has 0 radical (unpaired) electrons. The molecular formula is C16H17N7O. The minimum absolute atomic E-state index is 0.124. The maximum absolute atomic E-state index is 12.8. The summed E-state index contributed by atoms with van der Waals surface area (Å²) in [5, 5.41) is 17.0. The molecule has 2 aromatic heterocycles. The zero-order valence-corrected chi connectivity index (χ0v) is 13.5. The predicted molar refractivity (Wildman–Crippen MR) is 85.6 cm³/mol. The van der Waals surface area contributed by atoms with Gasteiger partial charge in [-0.05, 0) is 26.0 Å². The maximum Gasteiger partial charge on any atom is 0.276 e. The van der Waals surface area contributed by atoms with Gasteiger partial charge in [0.05, 0.1) is 17.9 Å². The topological polar surface area (TPSA) is 81.7 Å². The van der Waals surface area contributed by atoms with Crippen molar-refractivity contribution in [3.63, 3.8) is 0 Å². The smallest absolute Gasteiger partial charge is 0.276 e. The van der Waals surface area contributed by atoms with Gasteiger partial charge in [-0.1, -0.05) is 18.2 Å². The highest BCUT2D eigenvalue weighted by Gasteiger charge is 2.27. The fourth-order valence-corrected chi connectivity index (χ4v) is 2.88. The van der Waals surface area contributed by atoms with Crippen molar-refractivity contribution in [1.29, 1.82) is 0 Å². The first-order chi connectivity index (χ1) is 11.6. The molecule has 3 heterocycles. The van der Waals surface area contributed by atoms with Crippen molar-refractivity contribution in [2.75, 3.05) is 6.54 Å². The van der Waals surface area contributed by atoms with E-state index in [2.05, 4.69) is 20.4 Å². The summed E-state index contributed by atoms with van der Waals surface area (Å²) in [6.45, 7) is 5.48. The van der Waals surface area contributed by atoms with Gasteiger partial charge in [0.25, 0.3) is 5.91 Å². The van der Waals surface area contributed by atoms with Crippen molar-refractivity contribution in [1.82, 2.24) is 34.7 Å². The fraction of sp³-hybridized carbons (Fsp3) is 0.312. The number of rotatable bonds is 2. The summed E-state index contributed by atoms with van der Waals surface area (Å²) < 4.78 is 2.04. The lowest BCUT2D eigenvalue weighted by molar-refractivity contribution is 0.0699. The molecule has 0 saturated heterocycles. The molecule has 0 aliphatic carbocycles. The van der Waals surface area contributed by atoms with E-state index in [1.165, 1.54) is 4.80 Å². The number of hydrogen-bond acceptors (Lipinski definition) is 5. The monoisotopic (exact) mass is 323 g/mol. The Balaban J connectivity index is 1.60. The second kappa shape index (κ2) is 5.55. The van der Waals surface area contributed by atoms with E-state index in [1.54, 1.807) is 11.8 Å². The zero-order chi connectivity index (χ0) is 16.7. The van der Waals surface area contributed by atoms with Gasteiger partial charge in [0.15, 0.2) is 11.5 Å². The third-order valence-corrected chi connectivity index (χ3v) is 4.20. The summed E-state index contributed by atoms with van der Waals surface area (Å²) in [6, 6.07) is 9.56. The number of fused-ring (bicyclic) bond motifs is 1. The number of aromatic nitrogens is 6. The summed E-state index contributed by atoms with van der Waals surface area (Å²) >= 11 is 0. The Bertz CT molecular complexity index is 897. The molecule has 0 bridgehead atoms. The molecule has 4 rings (SSSR count). The molecular weight excluding hydrogens is 306 g/mol. The Morgan fingerprint density at radius 3 is 2.62 bits per heavy atom. The Hall–Kier alpha value is -3.03. The molecule has 1 amide bonds. The van der Waals surface area contributed by atoms with Gasteiger partial charge in [-0.2, -0.15) is 9.90 Å². The first kappa shape index (κ1) is 14.6. The van der Waals surface area contributed by atoms with Gasteiger partial charge in [0, 0.05) is 13.1 Å². The molecule has 3 aromatic rings. The summed E-state index contributed by atoms with van der Waals surface area (Å²) in [6.07, 6.45) is 0. The first-order valence-corrected chi connectivity index (χ1v) is 7.81. The van der Waals surface area contributed by atoms with E-state index in [-0.39, 0.29) is 5.91 Å². The molecule has 8 nitrogen and oxygen atoms in total. The molecule has 0 spiro atoms. The summed E-state index contributed by atoms with van der Waals surface area (Å²) in [5.41, 5.74) is 1.82. The SMILES string of the molecule is Cc1nn(-c2ccccc2)nc1C(=O)N1CCn2c(C)nnc2C1. The van der Waals surface area contributed by atoms with E-state index in [0.29, 0.717) is 31.0 Å². The van der Waals surface area contributed by atoms with E-state index in [9.17, 15) is 4.79 Å². The van der Waals surface area contributed by atoms with Crippen molar-refractivity contribution >= 4 is 5.91 Å². The molecule has 8 heteroatoms. The highest BCUT2D eigenvalue weighted by molar-refractivity contribution is 5.93. The van der Waals surface area contributed by atoms with Crippen molar-refractivity contribution in [3.8, 4) is 5.69 Å². The van der Waals surface area contributed by atoms with Gasteiger partial charge in [-0.25, -0.2) is 0 Å². The third-order valence-electron chi connectivity index (χ3n) is 4.20. The zero-order valence-electron chi connectivity index (χ0n) is 13.5. The van der Waals surface area contributed by atoms with Crippen LogP contribution in [0.25, 0.3) is 5.69 Å². The van der Waals surface area contributed by atoms with Crippen LogP contribution in [0.15, 0.2) is 30.3 Å². The van der Waals surface area contributed by atoms with Gasteiger partial charge < -0.3 is 9.47 Å².